The summed E-state index contributed by atoms with van der Waals surface area (Å²) in [5, 5.41) is 12.2. The highest BCUT2D eigenvalue weighted by Gasteiger charge is 2.44. The quantitative estimate of drug-likeness (QED) is 0.517. The van der Waals surface area contributed by atoms with Crippen molar-refractivity contribution in [3.63, 3.8) is 0 Å². The molecule has 188 valence electrons. The largest absolute Gasteiger partial charge is 0.481 e. The van der Waals surface area contributed by atoms with Crippen LogP contribution in [0.4, 0.5) is 24.5 Å². The van der Waals surface area contributed by atoms with Crippen LogP contribution in [0.2, 0.25) is 0 Å². The molecule has 1 aromatic carbocycles. The van der Waals surface area contributed by atoms with Crippen LogP contribution < -0.4 is 10.2 Å². The lowest BCUT2D eigenvalue weighted by atomic mass is 9.93. The third kappa shape index (κ3) is 6.70. The molecule has 2 N–H and O–H groups in total. The second kappa shape index (κ2) is 10.6. The van der Waals surface area contributed by atoms with E-state index in [1.54, 1.807) is 23.1 Å². The van der Waals surface area contributed by atoms with Gasteiger partial charge in [-0.05, 0) is 48.4 Å². The van der Waals surface area contributed by atoms with Gasteiger partial charge in [0.05, 0.1) is 30.1 Å². The number of amides is 1. The molecule has 2 fully saturated rings. The van der Waals surface area contributed by atoms with Crippen LogP contribution >= 0.6 is 0 Å². The van der Waals surface area contributed by atoms with Gasteiger partial charge in [0.2, 0.25) is 5.91 Å². The van der Waals surface area contributed by atoms with Crippen LogP contribution in [-0.4, -0.2) is 45.7 Å². The number of carboxylic acid groups (broad SMARTS) is 1. The van der Waals surface area contributed by atoms with Gasteiger partial charge in [0.15, 0.2) is 0 Å². The van der Waals surface area contributed by atoms with Gasteiger partial charge in [0.25, 0.3) is 0 Å². The van der Waals surface area contributed by atoms with E-state index in [1.807, 2.05) is 0 Å². The van der Waals surface area contributed by atoms with Gasteiger partial charge in [-0.2, -0.15) is 13.2 Å². The number of hydrogen-bond donors (Lipinski definition) is 2. The summed E-state index contributed by atoms with van der Waals surface area (Å²) in [7, 11) is 0. The molecule has 7 nitrogen and oxygen atoms in total. The lowest BCUT2D eigenvalue weighted by Gasteiger charge is -2.37. The number of anilines is 2. The van der Waals surface area contributed by atoms with Crippen molar-refractivity contribution in [3.8, 4) is 0 Å². The Labute approximate surface area is 201 Å². The van der Waals surface area contributed by atoms with Crippen molar-refractivity contribution in [1.29, 1.82) is 0 Å². The Morgan fingerprint density at radius 2 is 1.83 bits per heavy atom. The Morgan fingerprint density at radius 1 is 1.11 bits per heavy atom. The molecule has 0 saturated heterocycles. The van der Waals surface area contributed by atoms with E-state index < -0.39 is 24.5 Å². The maximum absolute atomic E-state index is 13.2. The van der Waals surface area contributed by atoms with Crippen molar-refractivity contribution in [2.24, 2.45) is 5.92 Å². The summed E-state index contributed by atoms with van der Waals surface area (Å²) in [4.78, 5) is 33.8. The van der Waals surface area contributed by atoms with Gasteiger partial charge < -0.3 is 15.3 Å². The predicted molar refractivity (Wildman–Crippen MR) is 124 cm³/mol. The molecule has 0 bridgehead atoms. The minimum absolute atomic E-state index is 0.0116. The molecule has 10 heteroatoms. The number of alkyl halides is 3. The first-order valence-corrected chi connectivity index (χ1v) is 11.9. The average molecular weight is 491 g/mol. The average Bonchev–Trinajstić information content (AvgIpc) is 3.62. The fourth-order valence-electron chi connectivity index (χ4n) is 4.91. The number of hydrogen-bond acceptors (Lipinski definition) is 5. The van der Waals surface area contributed by atoms with Crippen molar-refractivity contribution in [2.45, 2.75) is 69.5 Å². The number of carbonyl (C=O) groups is 2. The second-order valence-corrected chi connectivity index (χ2v) is 9.39. The molecule has 2 saturated carbocycles. The molecule has 2 atom stereocenters. The summed E-state index contributed by atoms with van der Waals surface area (Å²) in [5.74, 6) is -1.87. The molecule has 1 heterocycles. The van der Waals surface area contributed by atoms with Crippen LogP contribution in [0.1, 0.15) is 62.0 Å². The third-order valence-corrected chi connectivity index (χ3v) is 6.77. The van der Waals surface area contributed by atoms with Gasteiger partial charge >= 0.3 is 12.1 Å². The fraction of sp³-hybridized carbons (Fsp3) is 0.520. The van der Waals surface area contributed by atoms with Gasteiger partial charge in [-0.1, -0.05) is 25.3 Å². The zero-order valence-corrected chi connectivity index (χ0v) is 19.3. The highest BCUT2D eigenvalue weighted by atomic mass is 19.4. The summed E-state index contributed by atoms with van der Waals surface area (Å²) in [5.41, 5.74) is 2.32. The molecule has 1 aromatic heterocycles. The molecule has 0 unspecified atom stereocenters. The summed E-state index contributed by atoms with van der Waals surface area (Å²) < 4.78 is 39.6. The summed E-state index contributed by atoms with van der Waals surface area (Å²) in [6.45, 7) is -0.204. The number of aliphatic carboxylic acids is 1. The van der Waals surface area contributed by atoms with Crippen LogP contribution in [0, 0.1) is 5.92 Å². The van der Waals surface area contributed by atoms with Crippen molar-refractivity contribution in [1.82, 2.24) is 9.97 Å². The molecule has 0 spiro atoms. The Balaban J connectivity index is 1.64. The maximum atomic E-state index is 13.2. The minimum atomic E-state index is -4.30. The highest BCUT2D eigenvalue weighted by Crippen LogP contribution is 2.49. The van der Waals surface area contributed by atoms with Gasteiger partial charge in [-0.15, -0.1) is 0 Å². The van der Waals surface area contributed by atoms with Crippen LogP contribution in [0.3, 0.4) is 0 Å². The molecule has 0 radical (unpaired) electrons. The summed E-state index contributed by atoms with van der Waals surface area (Å²) >= 11 is 0. The van der Waals surface area contributed by atoms with E-state index in [9.17, 15) is 27.9 Å². The van der Waals surface area contributed by atoms with E-state index in [4.69, 9.17) is 0 Å². The van der Waals surface area contributed by atoms with E-state index in [-0.39, 0.29) is 30.8 Å². The first kappa shape index (κ1) is 24.9. The van der Waals surface area contributed by atoms with Gasteiger partial charge in [0, 0.05) is 25.0 Å². The highest BCUT2D eigenvalue weighted by molar-refractivity contribution is 5.96. The van der Waals surface area contributed by atoms with Crippen LogP contribution in [0.5, 0.6) is 0 Å². The number of nitrogens with zero attached hydrogens (tertiary/aromatic N) is 3. The standard InChI is InChI=1S/C25H29F3N4O3/c26-25(27,28)8-9-32(18-4-2-1-3-5-18)22-7-6-17(19-12-20(19)24(34)35)11-21(22)31-23(33)10-16-13-29-15-30-14-16/h6-7,11,13-15,18-20H,1-5,8-10,12H2,(H,31,33)(H,34,35)/t19-,20-/m1/s1. The summed E-state index contributed by atoms with van der Waals surface area (Å²) in [6, 6.07) is 5.19. The molecule has 2 aliphatic rings. The lowest BCUT2D eigenvalue weighted by Crippen LogP contribution is -2.39. The molecular weight excluding hydrogens is 461 g/mol. The molecule has 0 aliphatic heterocycles. The number of rotatable bonds is 9. The molecule has 35 heavy (non-hydrogen) atoms. The zero-order valence-electron chi connectivity index (χ0n) is 19.3. The smallest absolute Gasteiger partial charge is 0.390 e. The van der Waals surface area contributed by atoms with Gasteiger partial charge in [-0.3, -0.25) is 9.59 Å². The minimum Gasteiger partial charge on any atom is -0.481 e. The topological polar surface area (TPSA) is 95.4 Å². The van der Waals surface area contributed by atoms with Gasteiger partial charge in [-0.25, -0.2) is 9.97 Å². The first-order valence-electron chi connectivity index (χ1n) is 11.9. The Bertz CT molecular complexity index is 1040. The van der Waals surface area contributed by atoms with Crippen molar-refractivity contribution < 1.29 is 27.9 Å². The maximum Gasteiger partial charge on any atom is 0.390 e. The zero-order chi connectivity index (χ0) is 25.0. The van der Waals surface area contributed by atoms with E-state index in [2.05, 4.69) is 15.3 Å². The molecule has 2 aromatic rings. The van der Waals surface area contributed by atoms with Crippen LogP contribution in [0.25, 0.3) is 0 Å². The van der Waals surface area contributed by atoms with E-state index in [1.165, 1.54) is 18.7 Å². The number of aromatic nitrogens is 2. The number of benzene rings is 1. The van der Waals surface area contributed by atoms with Gasteiger partial charge in [0.1, 0.15) is 6.33 Å². The van der Waals surface area contributed by atoms with E-state index in [0.717, 1.165) is 37.7 Å². The Kier molecular flexibility index (Phi) is 7.57. The molecular formula is C25H29F3N4O3. The second-order valence-electron chi connectivity index (χ2n) is 9.39. The molecule has 4 rings (SSSR count). The van der Waals surface area contributed by atoms with Crippen LogP contribution in [-0.2, 0) is 16.0 Å². The Hall–Kier alpha value is -3.17. The van der Waals surface area contributed by atoms with Crippen molar-refractivity contribution >= 4 is 23.3 Å². The normalized spacial score (nSPS) is 20.3. The Morgan fingerprint density at radius 3 is 2.46 bits per heavy atom. The first-order chi connectivity index (χ1) is 16.7. The lowest BCUT2D eigenvalue weighted by molar-refractivity contribution is -0.138. The van der Waals surface area contributed by atoms with E-state index in [0.29, 0.717) is 23.4 Å². The van der Waals surface area contributed by atoms with Crippen LogP contribution in [0.15, 0.2) is 36.9 Å². The van der Waals surface area contributed by atoms with Crippen molar-refractivity contribution in [3.05, 3.63) is 48.0 Å². The molecule has 1 amide bonds. The van der Waals surface area contributed by atoms with E-state index >= 15 is 0 Å². The molecule has 2 aliphatic carbocycles. The van der Waals surface area contributed by atoms with Crippen molar-refractivity contribution in [2.75, 3.05) is 16.8 Å². The third-order valence-electron chi connectivity index (χ3n) is 6.77. The number of halogens is 3. The fourth-order valence-corrected chi connectivity index (χ4v) is 4.91. The predicted octanol–water partition coefficient (Wildman–Crippen LogP) is 4.94. The monoisotopic (exact) mass is 490 g/mol. The number of nitrogens with one attached hydrogen (secondary N) is 1. The number of carbonyl (C=O) groups excluding carboxylic acids is 1. The number of carboxylic acids is 1. The summed E-state index contributed by atoms with van der Waals surface area (Å²) in [6.07, 6.45) is 4.22. The SMILES string of the molecule is O=C(Cc1cncnc1)Nc1cc([C@H]2C[C@H]2C(=O)O)ccc1N(CCC(F)(F)F)C1CCCCC1.